The smallest absolute Gasteiger partial charge is 0.285 e. The molecule has 0 N–H and O–H groups in total. The Morgan fingerprint density at radius 1 is 1.06 bits per heavy atom. The van der Waals surface area contributed by atoms with E-state index in [1.54, 1.807) is 18.1 Å². The third kappa shape index (κ3) is 5.20. The van der Waals surface area contributed by atoms with Gasteiger partial charge in [0.1, 0.15) is 6.33 Å². The van der Waals surface area contributed by atoms with Crippen LogP contribution in [0.15, 0.2) is 11.1 Å². The van der Waals surface area contributed by atoms with Gasteiger partial charge in [-0.15, -0.1) is 0 Å². The summed E-state index contributed by atoms with van der Waals surface area (Å²) in [4.78, 5) is 11.5. The van der Waals surface area contributed by atoms with Gasteiger partial charge < -0.3 is 0 Å². The highest BCUT2D eigenvalue weighted by Crippen LogP contribution is 2.08. The van der Waals surface area contributed by atoms with Gasteiger partial charge in [-0.3, -0.25) is 4.57 Å². The summed E-state index contributed by atoms with van der Waals surface area (Å²) in [7, 11) is 1.74. The predicted molar refractivity (Wildman–Crippen MR) is 70.1 cm³/mol. The predicted octanol–water partition coefficient (Wildman–Crippen LogP) is 2.72. The number of hydrogen-bond acceptors (Lipinski definition) is 2. The standard InChI is InChI=1S/C13H25N3O/c1-3-4-5-6-7-8-9-10-11-16-13(17)15(2)12-14-16/h12H,3-11H2,1-2H3. The number of hydrogen-bond donors (Lipinski definition) is 0. The summed E-state index contributed by atoms with van der Waals surface area (Å²) in [5.41, 5.74) is -0.00653. The quantitative estimate of drug-likeness (QED) is 0.622. The lowest BCUT2D eigenvalue weighted by molar-refractivity contribution is 0.507. The van der Waals surface area contributed by atoms with Crippen LogP contribution in [0.5, 0.6) is 0 Å². The molecule has 1 aromatic heterocycles. The normalized spacial score (nSPS) is 10.9. The topological polar surface area (TPSA) is 39.8 Å². The Balaban J connectivity index is 2.01. The number of aryl methyl sites for hydroxylation is 2. The minimum absolute atomic E-state index is 0.00653. The summed E-state index contributed by atoms with van der Waals surface area (Å²) < 4.78 is 3.07. The number of nitrogens with zero attached hydrogens (tertiary/aromatic N) is 3. The van der Waals surface area contributed by atoms with E-state index in [0.29, 0.717) is 0 Å². The lowest BCUT2D eigenvalue weighted by Crippen LogP contribution is -2.22. The molecule has 0 aliphatic carbocycles. The van der Waals surface area contributed by atoms with E-state index in [1.165, 1.54) is 49.5 Å². The molecule has 1 rings (SSSR count). The van der Waals surface area contributed by atoms with Crippen molar-refractivity contribution in [2.75, 3.05) is 0 Å². The van der Waals surface area contributed by atoms with Gasteiger partial charge in [-0.05, 0) is 6.42 Å². The minimum atomic E-state index is -0.00653. The van der Waals surface area contributed by atoms with Crippen LogP contribution >= 0.6 is 0 Å². The molecule has 0 saturated carbocycles. The summed E-state index contributed by atoms with van der Waals surface area (Å²) in [5.74, 6) is 0. The lowest BCUT2D eigenvalue weighted by atomic mass is 10.1. The molecule has 1 aromatic rings. The highest BCUT2D eigenvalue weighted by atomic mass is 16.2. The van der Waals surface area contributed by atoms with Gasteiger partial charge in [-0.2, -0.15) is 5.10 Å². The van der Waals surface area contributed by atoms with Crippen LogP contribution in [-0.2, 0) is 13.6 Å². The van der Waals surface area contributed by atoms with Crippen molar-refractivity contribution < 1.29 is 0 Å². The molecule has 0 fully saturated rings. The van der Waals surface area contributed by atoms with Gasteiger partial charge in [0.05, 0.1) is 0 Å². The first-order chi connectivity index (χ1) is 8.25. The maximum Gasteiger partial charge on any atom is 0.345 e. The summed E-state index contributed by atoms with van der Waals surface area (Å²) in [5, 5.41) is 4.04. The molecule has 0 bridgehead atoms. The molecular weight excluding hydrogens is 214 g/mol. The second-order valence-electron chi connectivity index (χ2n) is 4.72. The molecule has 0 atom stereocenters. The lowest BCUT2D eigenvalue weighted by Gasteiger charge is -2.01. The van der Waals surface area contributed by atoms with Crippen LogP contribution in [0.2, 0.25) is 0 Å². The SMILES string of the molecule is CCCCCCCCCCn1ncn(C)c1=O. The maximum atomic E-state index is 11.5. The Bertz CT molecular complexity index is 354. The summed E-state index contributed by atoms with van der Waals surface area (Å²) >= 11 is 0. The van der Waals surface area contributed by atoms with Crippen LogP contribution in [-0.4, -0.2) is 14.3 Å². The average Bonchev–Trinajstić information content (AvgIpc) is 2.64. The Kier molecular flexibility index (Phi) is 6.67. The first kappa shape index (κ1) is 14.0. The third-order valence-electron chi connectivity index (χ3n) is 3.11. The second-order valence-corrected chi connectivity index (χ2v) is 4.72. The van der Waals surface area contributed by atoms with Gasteiger partial charge in [0.25, 0.3) is 0 Å². The zero-order valence-corrected chi connectivity index (χ0v) is 11.2. The molecule has 1 heterocycles. The van der Waals surface area contributed by atoms with Gasteiger partial charge in [0, 0.05) is 13.6 Å². The molecule has 4 heteroatoms. The van der Waals surface area contributed by atoms with E-state index in [2.05, 4.69) is 12.0 Å². The molecule has 4 nitrogen and oxygen atoms in total. The molecule has 98 valence electrons. The van der Waals surface area contributed by atoms with E-state index in [1.807, 2.05) is 0 Å². The highest BCUT2D eigenvalue weighted by Gasteiger charge is 2.00. The molecule has 0 aliphatic heterocycles. The monoisotopic (exact) mass is 239 g/mol. The van der Waals surface area contributed by atoms with Gasteiger partial charge >= 0.3 is 5.69 Å². The fourth-order valence-corrected chi connectivity index (χ4v) is 1.97. The van der Waals surface area contributed by atoms with E-state index >= 15 is 0 Å². The molecule has 0 aromatic carbocycles. The first-order valence-corrected chi connectivity index (χ1v) is 6.84. The molecule has 0 aliphatic rings. The molecular formula is C13H25N3O. The number of unbranched alkanes of at least 4 members (excludes halogenated alkanes) is 7. The van der Waals surface area contributed by atoms with Crippen molar-refractivity contribution in [2.24, 2.45) is 7.05 Å². The van der Waals surface area contributed by atoms with Crippen molar-refractivity contribution in [1.82, 2.24) is 14.3 Å². The van der Waals surface area contributed by atoms with Crippen molar-refractivity contribution in [3.63, 3.8) is 0 Å². The Labute approximate surface area is 104 Å². The van der Waals surface area contributed by atoms with Crippen LogP contribution < -0.4 is 5.69 Å². The van der Waals surface area contributed by atoms with Crippen LogP contribution in [0.1, 0.15) is 58.3 Å². The minimum Gasteiger partial charge on any atom is -0.285 e. The fourth-order valence-electron chi connectivity index (χ4n) is 1.97. The van der Waals surface area contributed by atoms with Crippen LogP contribution in [0.3, 0.4) is 0 Å². The zero-order chi connectivity index (χ0) is 12.5. The Morgan fingerprint density at radius 2 is 1.65 bits per heavy atom. The van der Waals surface area contributed by atoms with Crippen molar-refractivity contribution in [2.45, 2.75) is 64.8 Å². The highest BCUT2D eigenvalue weighted by molar-refractivity contribution is 4.64. The molecule has 17 heavy (non-hydrogen) atoms. The number of aromatic nitrogens is 3. The van der Waals surface area contributed by atoms with Crippen LogP contribution in [0, 0.1) is 0 Å². The van der Waals surface area contributed by atoms with Crippen molar-refractivity contribution in [3.8, 4) is 0 Å². The van der Waals surface area contributed by atoms with Crippen molar-refractivity contribution >= 4 is 0 Å². The Morgan fingerprint density at radius 3 is 2.18 bits per heavy atom. The van der Waals surface area contributed by atoms with E-state index in [-0.39, 0.29) is 5.69 Å². The maximum absolute atomic E-state index is 11.5. The van der Waals surface area contributed by atoms with Gasteiger partial charge in [-0.25, -0.2) is 9.48 Å². The second kappa shape index (κ2) is 8.09. The van der Waals surface area contributed by atoms with E-state index in [4.69, 9.17) is 0 Å². The fraction of sp³-hybridized carbons (Fsp3) is 0.846. The van der Waals surface area contributed by atoms with Gasteiger partial charge in [0.2, 0.25) is 0 Å². The largest absolute Gasteiger partial charge is 0.345 e. The van der Waals surface area contributed by atoms with Gasteiger partial charge in [-0.1, -0.05) is 51.9 Å². The molecule has 0 saturated heterocycles. The van der Waals surface area contributed by atoms with Crippen molar-refractivity contribution in [3.05, 3.63) is 16.8 Å². The Hall–Kier alpha value is -1.06. The summed E-state index contributed by atoms with van der Waals surface area (Å²) in [6, 6.07) is 0. The van der Waals surface area contributed by atoms with E-state index < -0.39 is 0 Å². The first-order valence-electron chi connectivity index (χ1n) is 6.84. The zero-order valence-electron chi connectivity index (χ0n) is 11.2. The summed E-state index contributed by atoms with van der Waals surface area (Å²) in [6.45, 7) is 3.00. The average molecular weight is 239 g/mol. The van der Waals surface area contributed by atoms with Gasteiger partial charge in [0.15, 0.2) is 0 Å². The number of rotatable bonds is 9. The van der Waals surface area contributed by atoms with E-state index in [0.717, 1.165) is 13.0 Å². The molecule has 0 radical (unpaired) electrons. The van der Waals surface area contributed by atoms with Crippen molar-refractivity contribution in [1.29, 1.82) is 0 Å². The van der Waals surface area contributed by atoms with Crippen LogP contribution in [0.25, 0.3) is 0 Å². The molecule has 0 unspecified atom stereocenters. The van der Waals surface area contributed by atoms with E-state index in [9.17, 15) is 4.79 Å². The summed E-state index contributed by atoms with van der Waals surface area (Å²) in [6.07, 6.45) is 11.9. The third-order valence-corrected chi connectivity index (χ3v) is 3.11. The van der Waals surface area contributed by atoms with Crippen LogP contribution in [0.4, 0.5) is 0 Å². The molecule has 0 amide bonds. The molecule has 0 spiro atoms.